The first kappa shape index (κ1) is 18.6. The van der Waals surface area contributed by atoms with Crippen LogP contribution in [-0.2, 0) is 4.74 Å². The Morgan fingerprint density at radius 3 is 2.16 bits per heavy atom. The van der Waals surface area contributed by atoms with Gasteiger partial charge in [0.1, 0.15) is 5.60 Å². The fourth-order valence-electron chi connectivity index (χ4n) is 4.25. The van der Waals surface area contributed by atoms with Gasteiger partial charge in [0.05, 0.1) is 0 Å². The van der Waals surface area contributed by atoms with Gasteiger partial charge in [0.15, 0.2) is 0 Å². The summed E-state index contributed by atoms with van der Waals surface area (Å²) in [6, 6.07) is 5.30. The molecule has 1 aromatic rings. The van der Waals surface area contributed by atoms with Gasteiger partial charge in [-0.2, -0.15) is 0 Å². The van der Waals surface area contributed by atoms with Crippen LogP contribution in [0.25, 0.3) is 0 Å². The number of carbonyl (C=O) groups excluding carboxylic acids is 1. The second kappa shape index (κ2) is 6.82. The molecule has 2 aliphatic heterocycles. The highest BCUT2D eigenvalue weighted by atomic mass is 79.9. The number of anilines is 1. The first-order chi connectivity index (χ1) is 11.6. The third kappa shape index (κ3) is 4.13. The van der Waals surface area contributed by atoms with E-state index in [1.165, 1.54) is 16.8 Å². The van der Waals surface area contributed by atoms with Crippen LogP contribution in [0.1, 0.15) is 57.6 Å². The molecule has 1 amide bonds. The number of hydrogen-bond acceptors (Lipinski definition) is 3. The third-order valence-electron chi connectivity index (χ3n) is 5.18. The van der Waals surface area contributed by atoms with Crippen LogP contribution in [0.15, 0.2) is 16.6 Å². The number of nitrogens with zero attached hydrogens (tertiary/aromatic N) is 1. The van der Waals surface area contributed by atoms with Gasteiger partial charge in [0.25, 0.3) is 0 Å². The van der Waals surface area contributed by atoms with Gasteiger partial charge in [0.2, 0.25) is 0 Å². The van der Waals surface area contributed by atoms with Crippen LogP contribution in [0.4, 0.5) is 10.5 Å². The number of aryl methyl sites for hydroxylation is 2. The minimum atomic E-state index is -0.433. The minimum Gasteiger partial charge on any atom is -0.444 e. The van der Waals surface area contributed by atoms with E-state index in [1.54, 1.807) is 0 Å². The first-order valence-electron chi connectivity index (χ1n) is 9.18. The molecule has 2 unspecified atom stereocenters. The Morgan fingerprint density at radius 2 is 1.68 bits per heavy atom. The standard InChI is InChI=1S/C20H29BrN2O2/c1-12-8-14(21)9-13(2)18(12)22-15-10-16-6-7-17(11-15)23(16)19(24)25-20(3,4)5/h8-9,15-17,22H,6-7,10-11H2,1-5H3. The molecule has 0 spiro atoms. The van der Waals surface area contributed by atoms with Crippen molar-refractivity contribution in [2.75, 3.05) is 5.32 Å². The topological polar surface area (TPSA) is 41.6 Å². The van der Waals surface area contributed by atoms with E-state index in [4.69, 9.17) is 4.74 Å². The van der Waals surface area contributed by atoms with Gasteiger partial charge in [-0.05, 0) is 83.6 Å². The molecule has 1 N–H and O–H groups in total. The number of amides is 1. The molecule has 2 bridgehead atoms. The van der Waals surface area contributed by atoms with Crippen molar-refractivity contribution in [2.24, 2.45) is 0 Å². The SMILES string of the molecule is Cc1cc(Br)cc(C)c1NC1CC2CCC(C1)N2C(=O)OC(C)(C)C. The molecular weight excluding hydrogens is 380 g/mol. The summed E-state index contributed by atoms with van der Waals surface area (Å²) in [4.78, 5) is 14.6. The maximum Gasteiger partial charge on any atom is 0.410 e. The van der Waals surface area contributed by atoms with Gasteiger partial charge in [-0.3, -0.25) is 0 Å². The van der Waals surface area contributed by atoms with Gasteiger partial charge in [-0.1, -0.05) is 15.9 Å². The minimum absolute atomic E-state index is 0.144. The first-order valence-corrected chi connectivity index (χ1v) is 9.98. The van der Waals surface area contributed by atoms with Crippen molar-refractivity contribution in [3.63, 3.8) is 0 Å². The quantitative estimate of drug-likeness (QED) is 0.710. The van der Waals surface area contributed by atoms with Crippen molar-refractivity contribution in [1.29, 1.82) is 0 Å². The predicted octanol–water partition coefficient (Wildman–Crippen LogP) is 5.41. The molecule has 0 aromatic heterocycles. The average Bonchev–Trinajstić information content (AvgIpc) is 2.73. The zero-order valence-corrected chi connectivity index (χ0v) is 17.4. The summed E-state index contributed by atoms with van der Waals surface area (Å²) in [6.07, 6.45) is 4.00. The van der Waals surface area contributed by atoms with Gasteiger partial charge in [-0.15, -0.1) is 0 Å². The zero-order chi connectivity index (χ0) is 18.4. The summed E-state index contributed by atoms with van der Waals surface area (Å²) >= 11 is 3.56. The highest BCUT2D eigenvalue weighted by molar-refractivity contribution is 9.10. The van der Waals surface area contributed by atoms with E-state index in [0.29, 0.717) is 18.1 Å². The lowest BCUT2D eigenvalue weighted by Crippen LogP contribution is -2.51. The third-order valence-corrected chi connectivity index (χ3v) is 5.64. The number of fused-ring (bicyclic) bond motifs is 2. The number of rotatable bonds is 2. The normalized spacial score (nSPS) is 25.8. The van der Waals surface area contributed by atoms with Crippen molar-refractivity contribution in [1.82, 2.24) is 4.90 Å². The van der Waals surface area contributed by atoms with Crippen molar-refractivity contribution < 1.29 is 9.53 Å². The number of hydrogen-bond donors (Lipinski definition) is 1. The molecule has 5 heteroatoms. The number of ether oxygens (including phenoxy) is 1. The van der Waals surface area contributed by atoms with Gasteiger partial charge in [-0.25, -0.2) is 4.79 Å². The Balaban J connectivity index is 1.69. The van der Waals surface area contributed by atoms with Crippen LogP contribution in [-0.4, -0.2) is 34.7 Å². The van der Waals surface area contributed by atoms with E-state index in [9.17, 15) is 4.79 Å². The lowest BCUT2D eigenvalue weighted by Gasteiger charge is -2.40. The number of nitrogens with one attached hydrogen (secondary N) is 1. The van der Waals surface area contributed by atoms with Gasteiger partial charge < -0.3 is 15.0 Å². The zero-order valence-electron chi connectivity index (χ0n) is 15.9. The number of halogens is 1. The van der Waals surface area contributed by atoms with E-state index in [1.807, 2.05) is 25.7 Å². The molecule has 2 heterocycles. The Labute approximate surface area is 159 Å². The fourth-order valence-corrected chi connectivity index (χ4v) is 4.94. The molecule has 2 saturated heterocycles. The Bertz CT molecular complexity index is 631. The van der Waals surface area contributed by atoms with E-state index < -0.39 is 5.60 Å². The summed E-state index contributed by atoms with van der Waals surface area (Å²) in [5, 5.41) is 3.75. The molecular formula is C20H29BrN2O2. The van der Waals surface area contributed by atoms with E-state index >= 15 is 0 Å². The molecule has 0 saturated carbocycles. The second-order valence-corrected chi connectivity index (χ2v) is 9.42. The molecule has 2 aliphatic rings. The number of carbonyl (C=O) groups is 1. The Hall–Kier alpha value is -1.23. The Kier molecular flexibility index (Phi) is 5.06. The monoisotopic (exact) mass is 408 g/mol. The van der Waals surface area contributed by atoms with Crippen LogP contribution in [0.2, 0.25) is 0 Å². The maximum atomic E-state index is 12.6. The second-order valence-electron chi connectivity index (χ2n) is 8.50. The number of benzene rings is 1. The molecule has 2 atom stereocenters. The molecule has 25 heavy (non-hydrogen) atoms. The van der Waals surface area contributed by atoms with Crippen LogP contribution in [0, 0.1) is 13.8 Å². The summed E-state index contributed by atoms with van der Waals surface area (Å²) < 4.78 is 6.74. The molecule has 138 valence electrons. The summed E-state index contributed by atoms with van der Waals surface area (Å²) in [6.45, 7) is 10.1. The van der Waals surface area contributed by atoms with Gasteiger partial charge in [0, 0.05) is 28.3 Å². The maximum absolute atomic E-state index is 12.6. The van der Waals surface area contributed by atoms with Crippen LogP contribution in [0.5, 0.6) is 0 Å². The predicted molar refractivity (Wildman–Crippen MR) is 105 cm³/mol. The van der Waals surface area contributed by atoms with Crippen LogP contribution < -0.4 is 5.32 Å². The molecule has 0 radical (unpaired) electrons. The lowest BCUT2D eigenvalue weighted by molar-refractivity contribution is 0.00683. The molecule has 3 rings (SSSR count). The van der Waals surface area contributed by atoms with E-state index in [0.717, 1.165) is 30.2 Å². The van der Waals surface area contributed by atoms with Crippen molar-refractivity contribution in [3.8, 4) is 0 Å². The van der Waals surface area contributed by atoms with E-state index in [-0.39, 0.29) is 6.09 Å². The summed E-state index contributed by atoms with van der Waals surface area (Å²) in [5.74, 6) is 0. The molecule has 0 aliphatic carbocycles. The Morgan fingerprint density at radius 1 is 1.16 bits per heavy atom. The largest absolute Gasteiger partial charge is 0.444 e. The highest BCUT2D eigenvalue weighted by Crippen LogP contribution is 2.38. The van der Waals surface area contributed by atoms with Gasteiger partial charge >= 0.3 is 6.09 Å². The average molecular weight is 409 g/mol. The number of piperidine rings is 1. The van der Waals surface area contributed by atoms with Crippen LogP contribution >= 0.6 is 15.9 Å². The lowest BCUT2D eigenvalue weighted by atomic mass is 9.96. The fraction of sp³-hybridized carbons (Fsp3) is 0.650. The summed E-state index contributed by atoms with van der Waals surface area (Å²) in [7, 11) is 0. The summed E-state index contributed by atoms with van der Waals surface area (Å²) in [5.41, 5.74) is 3.32. The van der Waals surface area contributed by atoms with E-state index in [2.05, 4.69) is 47.2 Å². The van der Waals surface area contributed by atoms with Crippen molar-refractivity contribution in [3.05, 3.63) is 27.7 Å². The van der Waals surface area contributed by atoms with Crippen LogP contribution in [0.3, 0.4) is 0 Å². The molecule has 1 aromatic carbocycles. The smallest absolute Gasteiger partial charge is 0.410 e. The molecule has 4 nitrogen and oxygen atoms in total. The molecule has 2 fully saturated rings. The highest BCUT2D eigenvalue weighted by Gasteiger charge is 2.44. The van der Waals surface area contributed by atoms with Crippen molar-refractivity contribution >= 4 is 27.7 Å². The van der Waals surface area contributed by atoms with Crippen molar-refractivity contribution in [2.45, 2.75) is 84.0 Å².